The summed E-state index contributed by atoms with van der Waals surface area (Å²) >= 11 is 7.36. The van der Waals surface area contributed by atoms with Gasteiger partial charge in [0, 0.05) is 5.69 Å². The number of carbonyl (C=O) groups excluding carboxylic acids is 1. The molecule has 126 valence electrons. The lowest BCUT2D eigenvalue weighted by Crippen LogP contribution is -2.11. The summed E-state index contributed by atoms with van der Waals surface area (Å²) in [6.07, 6.45) is 1.77. The van der Waals surface area contributed by atoms with Crippen molar-refractivity contribution < 1.29 is 9.18 Å². The van der Waals surface area contributed by atoms with Gasteiger partial charge >= 0.3 is 0 Å². The van der Waals surface area contributed by atoms with E-state index in [-0.39, 0.29) is 10.8 Å². The van der Waals surface area contributed by atoms with Crippen LogP contribution in [0, 0.1) is 12.7 Å². The largest absolute Gasteiger partial charge is 0.320 e. The van der Waals surface area contributed by atoms with Crippen LogP contribution in [0.25, 0.3) is 11.1 Å². The van der Waals surface area contributed by atoms with E-state index in [1.165, 1.54) is 24.3 Å². The normalized spacial score (nSPS) is 11.4. The van der Waals surface area contributed by atoms with Gasteiger partial charge in [0.2, 0.25) is 5.01 Å². The molecule has 0 unspecified atom stereocenters. The van der Waals surface area contributed by atoms with Crippen molar-refractivity contribution >= 4 is 45.6 Å². The van der Waals surface area contributed by atoms with E-state index in [1.807, 2.05) is 31.2 Å². The van der Waals surface area contributed by atoms with Gasteiger partial charge in [0.15, 0.2) is 5.01 Å². The Morgan fingerprint density at radius 3 is 2.40 bits per heavy atom. The van der Waals surface area contributed by atoms with E-state index in [0.29, 0.717) is 15.7 Å². The average Bonchev–Trinajstić information content (AvgIpc) is 3.09. The van der Waals surface area contributed by atoms with Crippen molar-refractivity contribution in [1.82, 2.24) is 10.2 Å². The van der Waals surface area contributed by atoms with Crippen LogP contribution in [0.5, 0.6) is 0 Å². The minimum Gasteiger partial charge on any atom is -0.320 e. The van der Waals surface area contributed by atoms with Crippen LogP contribution in [0.3, 0.4) is 0 Å². The van der Waals surface area contributed by atoms with Gasteiger partial charge < -0.3 is 5.32 Å². The number of hydrogen-bond acceptors (Lipinski definition) is 4. The Morgan fingerprint density at radius 2 is 1.72 bits per heavy atom. The van der Waals surface area contributed by atoms with Crippen molar-refractivity contribution in [2.24, 2.45) is 0 Å². The molecule has 0 aliphatic carbocycles. The molecule has 1 N–H and O–H groups in total. The van der Waals surface area contributed by atoms with Crippen LogP contribution in [-0.4, -0.2) is 16.1 Å². The lowest BCUT2D eigenvalue weighted by molar-refractivity contribution is 0.102. The van der Waals surface area contributed by atoms with E-state index in [1.54, 1.807) is 6.08 Å². The second-order valence-electron chi connectivity index (χ2n) is 5.28. The van der Waals surface area contributed by atoms with Crippen molar-refractivity contribution in [3.05, 3.63) is 75.5 Å². The van der Waals surface area contributed by atoms with E-state index in [2.05, 4.69) is 15.5 Å². The fraction of sp³-hybridized carbons (Fsp3) is 0.0556. The molecule has 0 fully saturated rings. The van der Waals surface area contributed by atoms with Crippen molar-refractivity contribution in [3.8, 4) is 0 Å². The van der Waals surface area contributed by atoms with Crippen LogP contribution in [-0.2, 0) is 0 Å². The van der Waals surface area contributed by atoms with Gasteiger partial charge in [-0.15, -0.1) is 10.2 Å². The number of carbonyl (C=O) groups is 1. The lowest BCUT2D eigenvalue weighted by Gasteiger charge is -2.01. The van der Waals surface area contributed by atoms with Crippen LogP contribution in [0.2, 0.25) is 0 Å². The zero-order valence-corrected chi connectivity index (χ0v) is 14.7. The Bertz CT molecular complexity index is 920. The summed E-state index contributed by atoms with van der Waals surface area (Å²) in [5.41, 5.74) is 2.57. The Hall–Kier alpha value is -2.57. The fourth-order valence-corrected chi connectivity index (χ4v) is 2.93. The molecule has 3 rings (SSSR count). The fourth-order valence-electron chi connectivity index (χ4n) is 2.00. The maximum Gasteiger partial charge on any atom is 0.286 e. The van der Waals surface area contributed by atoms with Crippen LogP contribution in [0.15, 0.2) is 48.5 Å². The molecule has 0 bridgehead atoms. The van der Waals surface area contributed by atoms with Crippen LogP contribution in [0.1, 0.15) is 25.9 Å². The van der Waals surface area contributed by atoms with Crippen molar-refractivity contribution in [2.75, 3.05) is 5.32 Å². The van der Waals surface area contributed by atoms with Crippen LogP contribution < -0.4 is 5.32 Å². The highest BCUT2D eigenvalue weighted by atomic mass is 35.5. The summed E-state index contributed by atoms with van der Waals surface area (Å²) in [4.78, 5) is 12.2. The predicted octanol–water partition coefficient (Wildman–Crippen LogP) is 4.97. The van der Waals surface area contributed by atoms with Gasteiger partial charge in [-0.1, -0.05) is 52.8 Å². The third-order valence-corrected chi connectivity index (χ3v) is 4.65. The molecule has 0 radical (unpaired) electrons. The van der Waals surface area contributed by atoms with Gasteiger partial charge in [-0.05, 0) is 42.8 Å². The predicted molar refractivity (Wildman–Crippen MR) is 99.2 cm³/mol. The van der Waals surface area contributed by atoms with Crippen LogP contribution >= 0.6 is 22.9 Å². The molecule has 25 heavy (non-hydrogen) atoms. The minimum atomic E-state index is -0.421. The Morgan fingerprint density at radius 1 is 1.08 bits per heavy atom. The number of anilines is 1. The van der Waals surface area contributed by atoms with Crippen LogP contribution in [0.4, 0.5) is 10.1 Å². The smallest absolute Gasteiger partial charge is 0.286 e. The summed E-state index contributed by atoms with van der Waals surface area (Å²) in [7, 11) is 0. The Balaban J connectivity index is 1.73. The summed E-state index contributed by atoms with van der Waals surface area (Å²) < 4.78 is 12.9. The second kappa shape index (κ2) is 7.55. The molecule has 0 atom stereocenters. The number of nitrogens with zero attached hydrogens (tertiary/aromatic N) is 2. The molecular weight excluding hydrogens is 361 g/mol. The molecule has 1 heterocycles. The SMILES string of the molecule is Cc1ccc(/C=C(\Cl)c2nnc(C(=O)Nc3ccc(F)cc3)s2)cc1. The van der Waals surface area contributed by atoms with Gasteiger partial charge in [0.1, 0.15) is 5.82 Å². The lowest BCUT2D eigenvalue weighted by atomic mass is 10.1. The first-order valence-electron chi connectivity index (χ1n) is 7.36. The quantitative estimate of drug-likeness (QED) is 0.702. The number of amides is 1. The first-order valence-corrected chi connectivity index (χ1v) is 8.55. The Kier molecular flexibility index (Phi) is 5.21. The topological polar surface area (TPSA) is 54.9 Å². The van der Waals surface area contributed by atoms with Gasteiger partial charge in [0.05, 0.1) is 5.03 Å². The van der Waals surface area contributed by atoms with Crippen molar-refractivity contribution in [2.45, 2.75) is 6.92 Å². The number of benzene rings is 2. The molecule has 0 aliphatic heterocycles. The maximum absolute atomic E-state index is 12.9. The van der Waals surface area contributed by atoms with Gasteiger partial charge in [-0.2, -0.15) is 0 Å². The van der Waals surface area contributed by atoms with Gasteiger partial charge in [-0.3, -0.25) is 4.79 Å². The second-order valence-corrected chi connectivity index (χ2v) is 6.66. The monoisotopic (exact) mass is 373 g/mol. The number of aromatic nitrogens is 2. The number of nitrogens with one attached hydrogen (secondary N) is 1. The number of rotatable bonds is 4. The number of hydrogen-bond donors (Lipinski definition) is 1. The van der Waals surface area contributed by atoms with Crippen molar-refractivity contribution in [3.63, 3.8) is 0 Å². The molecule has 7 heteroatoms. The number of halogens is 2. The molecule has 4 nitrogen and oxygen atoms in total. The Labute approximate surface area is 153 Å². The molecule has 2 aromatic carbocycles. The molecule has 0 saturated carbocycles. The number of aryl methyl sites for hydroxylation is 1. The standard InChI is InChI=1S/C18H13ClFN3OS/c1-11-2-4-12(5-3-11)10-15(19)17-22-23-18(25-17)16(24)21-14-8-6-13(20)7-9-14/h2-10H,1H3,(H,21,24)/b15-10-. The summed E-state index contributed by atoms with van der Waals surface area (Å²) in [6, 6.07) is 13.3. The summed E-state index contributed by atoms with van der Waals surface area (Å²) in [6.45, 7) is 2.01. The van der Waals surface area contributed by atoms with Gasteiger partial charge in [-0.25, -0.2) is 4.39 Å². The summed E-state index contributed by atoms with van der Waals surface area (Å²) in [5, 5.41) is 11.5. The van der Waals surface area contributed by atoms with E-state index in [9.17, 15) is 9.18 Å². The van der Waals surface area contributed by atoms with E-state index in [4.69, 9.17) is 11.6 Å². The van der Waals surface area contributed by atoms with E-state index >= 15 is 0 Å². The molecule has 3 aromatic rings. The molecule has 0 saturated heterocycles. The third kappa shape index (κ3) is 4.49. The first kappa shape index (κ1) is 17.3. The van der Waals surface area contributed by atoms with Crippen molar-refractivity contribution in [1.29, 1.82) is 0 Å². The zero-order chi connectivity index (χ0) is 17.8. The highest BCUT2D eigenvalue weighted by Crippen LogP contribution is 2.25. The van der Waals surface area contributed by atoms with E-state index in [0.717, 1.165) is 22.5 Å². The van der Waals surface area contributed by atoms with Gasteiger partial charge in [0.25, 0.3) is 5.91 Å². The molecule has 0 spiro atoms. The highest BCUT2D eigenvalue weighted by molar-refractivity contribution is 7.15. The molecule has 1 amide bonds. The summed E-state index contributed by atoms with van der Waals surface area (Å²) in [5.74, 6) is -0.792. The molecular formula is C18H13ClFN3OS. The highest BCUT2D eigenvalue weighted by Gasteiger charge is 2.14. The first-order chi connectivity index (χ1) is 12.0. The van der Waals surface area contributed by atoms with E-state index < -0.39 is 5.91 Å². The maximum atomic E-state index is 12.9. The molecule has 0 aliphatic rings. The average molecular weight is 374 g/mol. The molecule has 1 aromatic heterocycles. The third-order valence-electron chi connectivity index (χ3n) is 3.30. The minimum absolute atomic E-state index is 0.176. The zero-order valence-electron chi connectivity index (χ0n) is 13.2.